The van der Waals surface area contributed by atoms with Gasteiger partial charge in [0.25, 0.3) is 0 Å². The van der Waals surface area contributed by atoms with E-state index in [0.717, 1.165) is 50.9 Å². The van der Waals surface area contributed by atoms with E-state index in [1.807, 2.05) is 19.9 Å². The predicted molar refractivity (Wildman–Crippen MR) is 120 cm³/mol. The highest BCUT2D eigenvalue weighted by Gasteiger charge is 2.23. The average Bonchev–Trinajstić information content (AvgIpc) is 3.29. The van der Waals surface area contributed by atoms with Gasteiger partial charge >= 0.3 is 0 Å². The molecule has 1 atom stereocenters. The highest BCUT2D eigenvalue weighted by molar-refractivity contribution is 7.10. The molecule has 0 radical (unpaired) electrons. The van der Waals surface area contributed by atoms with Crippen LogP contribution in [-0.2, 0) is 11.3 Å². The van der Waals surface area contributed by atoms with Gasteiger partial charge in [-0.2, -0.15) is 0 Å². The minimum absolute atomic E-state index is 0.265. The molecule has 1 saturated heterocycles. The molecule has 1 aromatic carbocycles. The zero-order valence-electron chi connectivity index (χ0n) is 17.7. The van der Waals surface area contributed by atoms with E-state index in [4.69, 9.17) is 9.47 Å². The van der Waals surface area contributed by atoms with E-state index in [0.29, 0.717) is 13.2 Å². The third-order valence-corrected chi connectivity index (χ3v) is 5.85. The van der Waals surface area contributed by atoms with E-state index in [1.165, 1.54) is 10.9 Å². The number of hydrogen-bond acceptors (Lipinski definition) is 5. The summed E-state index contributed by atoms with van der Waals surface area (Å²) in [4.78, 5) is 8.43. The average molecular weight is 435 g/mol. The molecule has 1 aliphatic rings. The topological polar surface area (TPSA) is 58.1 Å². The van der Waals surface area contributed by atoms with Gasteiger partial charge in [0.2, 0.25) is 0 Å². The van der Waals surface area contributed by atoms with E-state index < -0.39 is 0 Å². The molecule has 0 bridgehead atoms. The zero-order chi connectivity index (χ0) is 21.2. The Morgan fingerprint density at radius 3 is 2.77 bits per heavy atom. The Bertz CT molecular complexity index is 794. The maximum atomic E-state index is 14.1. The number of nitrogens with one attached hydrogen (secondary N) is 2. The molecule has 164 valence electrons. The molecule has 1 aliphatic heterocycles. The maximum absolute atomic E-state index is 14.1. The van der Waals surface area contributed by atoms with E-state index >= 15 is 0 Å². The number of aliphatic imine (C=N–C) groups is 1. The Morgan fingerprint density at radius 2 is 2.10 bits per heavy atom. The molecular weight excluding hydrogens is 403 g/mol. The van der Waals surface area contributed by atoms with Crippen molar-refractivity contribution < 1.29 is 13.9 Å². The number of benzene rings is 1. The van der Waals surface area contributed by atoms with Gasteiger partial charge < -0.3 is 20.1 Å². The van der Waals surface area contributed by atoms with E-state index in [2.05, 4.69) is 38.0 Å². The quantitative estimate of drug-likeness (QED) is 0.468. The number of guanidine groups is 1. The van der Waals surface area contributed by atoms with Crippen LogP contribution < -0.4 is 15.4 Å². The standard InChI is InChI=1S/C22H31FN4O2S/c1-3-24-22(25-15-17-7-8-20(29-4-2)18(23)14-17)26-16-19(21-6-5-13-30-21)27-9-11-28-12-10-27/h5-8,13-14,19H,3-4,9-12,15-16H2,1-2H3,(H2,24,25,26). The number of nitrogens with zero attached hydrogens (tertiary/aromatic N) is 2. The van der Waals surface area contributed by atoms with Crippen molar-refractivity contribution in [2.75, 3.05) is 46.0 Å². The van der Waals surface area contributed by atoms with Crippen LogP contribution in [0.25, 0.3) is 0 Å². The lowest BCUT2D eigenvalue weighted by Gasteiger charge is -2.34. The Kier molecular flexibility index (Phi) is 8.92. The number of halogens is 1. The molecule has 0 amide bonds. The molecule has 2 aromatic rings. The van der Waals surface area contributed by atoms with Gasteiger partial charge in [-0.25, -0.2) is 9.38 Å². The number of ether oxygens (including phenoxy) is 2. The summed E-state index contributed by atoms with van der Waals surface area (Å²) in [6.45, 7) is 9.57. The number of rotatable bonds is 9. The van der Waals surface area contributed by atoms with Crippen molar-refractivity contribution in [2.45, 2.75) is 26.4 Å². The van der Waals surface area contributed by atoms with Gasteiger partial charge in [0.1, 0.15) is 0 Å². The molecule has 3 rings (SSSR count). The molecule has 30 heavy (non-hydrogen) atoms. The first-order valence-corrected chi connectivity index (χ1v) is 11.4. The van der Waals surface area contributed by atoms with E-state index in [9.17, 15) is 4.39 Å². The third-order valence-electron chi connectivity index (χ3n) is 4.88. The lowest BCUT2D eigenvalue weighted by molar-refractivity contribution is 0.0177. The largest absolute Gasteiger partial charge is 0.491 e. The molecule has 1 unspecified atom stereocenters. The third kappa shape index (κ3) is 6.42. The predicted octanol–water partition coefficient (Wildman–Crippen LogP) is 3.41. The Balaban J connectivity index is 1.65. The fourth-order valence-electron chi connectivity index (χ4n) is 3.40. The van der Waals surface area contributed by atoms with Gasteiger partial charge in [-0.05, 0) is 43.0 Å². The molecular formula is C22H31FN4O2S. The van der Waals surface area contributed by atoms with Crippen LogP contribution in [-0.4, -0.2) is 56.9 Å². The second-order valence-electron chi connectivity index (χ2n) is 6.95. The highest BCUT2D eigenvalue weighted by atomic mass is 32.1. The van der Waals surface area contributed by atoms with Crippen molar-refractivity contribution >= 4 is 17.3 Å². The monoisotopic (exact) mass is 434 g/mol. The summed E-state index contributed by atoms with van der Waals surface area (Å²) in [7, 11) is 0. The molecule has 0 saturated carbocycles. The van der Waals surface area contributed by atoms with Crippen LogP contribution in [0.15, 0.2) is 40.7 Å². The van der Waals surface area contributed by atoms with Gasteiger partial charge in [-0.15, -0.1) is 11.3 Å². The van der Waals surface area contributed by atoms with Crippen LogP contribution in [0.3, 0.4) is 0 Å². The van der Waals surface area contributed by atoms with E-state index in [-0.39, 0.29) is 17.6 Å². The van der Waals surface area contributed by atoms with Crippen molar-refractivity contribution in [2.24, 2.45) is 4.99 Å². The SMILES string of the molecule is CCNC(=NCc1ccc(OCC)c(F)c1)NCC(c1cccs1)N1CCOCC1. The summed E-state index contributed by atoms with van der Waals surface area (Å²) < 4.78 is 24.9. The normalized spacial score (nSPS) is 16.3. The minimum atomic E-state index is -0.354. The number of thiophene rings is 1. The van der Waals surface area contributed by atoms with E-state index in [1.54, 1.807) is 17.4 Å². The molecule has 1 fully saturated rings. The van der Waals surface area contributed by atoms with Gasteiger partial charge in [0, 0.05) is 31.1 Å². The number of hydrogen-bond donors (Lipinski definition) is 2. The first-order chi connectivity index (χ1) is 14.7. The summed E-state index contributed by atoms with van der Waals surface area (Å²) in [5.41, 5.74) is 0.802. The van der Waals surface area contributed by atoms with Gasteiger partial charge in [-0.3, -0.25) is 4.90 Å². The van der Waals surface area contributed by atoms with Gasteiger partial charge in [0.05, 0.1) is 32.4 Å². The number of morpholine rings is 1. The van der Waals surface area contributed by atoms with Crippen LogP contribution in [0.4, 0.5) is 4.39 Å². The summed E-state index contributed by atoms with van der Waals surface area (Å²) in [6.07, 6.45) is 0. The maximum Gasteiger partial charge on any atom is 0.191 e. The fourth-order valence-corrected chi connectivity index (χ4v) is 4.26. The minimum Gasteiger partial charge on any atom is -0.491 e. The molecule has 2 heterocycles. The molecule has 1 aromatic heterocycles. The highest BCUT2D eigenvalue weighted by Crippen LogP contribution is 2.25. The van der Waals surface area contributed by atoms with Crippen molar-refractivity contribution in [1.82, 2.24) is 15.5 Å². The Hall–Kier alpha value is -2.16. The molecule has 6 nitrogen and oxygen atoms in total. The van der Waals surface area contributed by atoms with Gasteiger partial charge in [-0.1, -0.05) is 12.1 Å². The van der Waals surface area contributed by atoms with Crippen LogP contribution >= 0.6 is 11.3 Å². The smallest absolute Gasteiger partial charge is 0.191 e. The molecule has 2 N–H and O–H groups in total. The first kappa shape index (κ1) is 22.5. The van der Waals surface area contributed by atoms with Crippen molar-refractivity contribution in [1.29, 1.82) is 0 Å². The lowest BCUT2D eigenvalue weighted by atomic mass is 10.2. The first-order valence-electron chi connectivity index (χ1n) is 10.5. The summed E-state index contributed by atoms with van der Waals surface area (Å²) >= 11 is 1.77. The van der Waals surface area contributed by atoms with Crippen molar-refractivity contribution in [3.05, 3.63) is 52.0 Å². The molecule has 0 spiro atoms. The van der Waals surface area contributed by atoms with Crippen LogP contribution in [0.1, 0.15) is 30.3 Å². The van der Waals surface area contributed by atoms with Crippen molar-refractivity contribution in [3.8, 4) is 5.75 Å². The Morgan fingerprint density at radius 1 is 1.27 bits per heavy atom. The second kappa shape index (κ2) is 11.9. The van der Waals surface area contributed by atoms with Gasteiger partial charge in [0.15, 0.2) is 17.5 Å². The van der Waals surface area contributed by atoms with Crippen molar-refractivity contribution in [3.63, 3.8) is 0 Å². The fraction of sp³-hybridized carbons (Fsp3) is 0.500. The lowest BCUT2D eigenvalue weighted by Crippen LogP contribution is -2.46. The Labute approximate surface area is 182 Å². The van der Waals surface area contributed by atoms with Crippen LogP contribution in [0.5, 0.6) is 5.75 Å². The van der Waals surface area contributed by atoms with Crippen LogP contribution in [0.2, 0.25) is 0 Å². The zero-order valence-corrected chi connectivity index (χ0v) is 18.5. The molecule has 8 heteroatoms. The molecule has 0 aliphatic carbocycles. The van der Waals surface area contributed by atoms with Crippen LogP contribution in [0, 0.1) is 5.82 Å². The summed E-state index contributed by atoms with van der Waals surface area (Å²) in [5, 5.41) is 8.86. The summed E-state index contributed by atoms with van der Waals surface area (Å²) in [6, 6.07) is 9.53. The summed E-state index contributed by atoms with van der Waals surface area (Å²) in [5.74, 6) is 0.647. The second-order valence-corrected chi connectivity index (χ2v) is 7.93.